The molecule has 10 heteroatoms. The molecule has 1 aromatic carbocycles. The maximum Gasteiger partial charge on any atom is 0.321 e. The van der Waals surface area contributed by atoms with Crippen LogP contribution < -0.4 is 16.0 Å². The maximum atomic E-state index is 12.0. The first-order valence-corrected chi connectivity index (χ1v) is 8.69. The van der Waals surface area contributed by atoms with Crippen molar-refractivity contribution >= 4 is 35.3 Å². The van der Waals surface area contributed by atoms with E-state index < -0.39 is 17.2 Å². The lowest BCUT2D eigenvalue weighted by Crippen LogP contribution is -2.41. The second kappa shape index (κ2) is 8.48. The molecule has 0 radical (unpaired) electrons. The normalized spacial score (nSPS) is 11.5. The van der Waals surface area contributed by atoms with E-state index in [2.05, 4.69) is 26.1 Å². The Hall–Kier alpha value is -2.88. The summed E-state index contributed by atoms with van der Waals surface area (Å²) in [5.41, 5.74) is 1.39. The van der Waals surface area contributed by atoms with E-state index in [1.807, 2.05) is 6.07 Å². The highest BCUT2D eigenvalue weighted by Gasteiger charge is 2.21. The molecular formula is C16H20N6O3S. The van der Waals surface area contributed by atoms with Crippen LogP contribution in [0.3, 0.4) is 0 Å². The molecule has 0 saturated heterocycles. The Morgan fingerprint density at radius 1 is 1.23 bits per heavy atom. The summed E-state index contributed by atoms with van der Waals surface area (Å²) < 4.78 is 1.78. The van der Waals surface area contributed by atoms with E-state index >= 15 is 0 Å². The van der Waals surface area contributed by atoms with Crippen LogP contribution in [0.25, 0.3) is 5.69 Å². The number of carbonyl (C=O) groups excluding carboxylic acids is 3. The SMILES string of the molecule is CNC(=O)NC(=O)[C@@H](C)Sc1nnc(C)n1-c1cccc(NC(C)=O)c1. The van der Waals surface area contributed by atoms with Crippen LogP contribution in [0.2, 0.25) is 0 Å². The summed E-state index contributed by atoms with van der Waals surface area (Å²) >= 11 is 1.18. The number of aromatic nitrogens is 3. The third kappa shape index (κ3) is 4.82. The molecule has 1 atom stereocenters. The standard InChI is InChI=1S/C16H20N6O3S/c1-9(14(24)19-15(25)17-4)26-16-21-20-10(2)22(16)13-7-5-6-12(8-13)18-11(3)23/h5-9H,1-4H3,(H,18,23)(H2,17,19,24,25)/t9-/m1/s1. The molecule has 1 heterocycles. The highest BCUT2D eigenvalue weighted by atomic mass is 32.2. The van der Waals surface area contributed by atoms with E-state index in [9.17, 15) is 14.4 Å². The number of nitrogens with one attached hydrogen (secondary N) is 3. The number of nitrogens with zero attached hydrogens (tertiary/aromatic N) is 3. The average Bonchev–Trinajstić information content (AvgIpc) is 2.94. The van der Waals surface area contributed by atoms with E-state index in [1.54, 1.807) is 36.6 Å². The van der Waals surface area contributed by atoms with E-state index in [-0.39, 0.29) is 5.91 Å². The molecule has 1 aromatic heterocycles. The zero-order chi connectivity index (χ0) is 19.3. The van der Waals surface area contributed by atoms with Crippen LogP contribution in [0.5, 0.6) is 0 Å². The molecule has 0 bridgehead atoms. The van der Waals surface area contributed by atoms with Crippen molar-refractivity contribution in [3.05, 3.63) is 30.1 Å². The largest absolute Gasteiger partial charge is 0.341 e. The quantitative estimate of drug-likeness (QED) is 0.680. The summed E-state index contributed by atoms with van der Waals surface area (Å²) in [6.07, 6.45) is 0. The van der Waals surface area contributed by atoms with Gasteiger partial charge in [0.05, 0.1) is 10.9 Å². The molecule has 0 unspecified atom stereocenters. The van der Waals surface area contributed by atoms with Crippen molar-refractivity contribution in [1.82, 2.24) is 25.4 Å². The molecule has 0 aliphatic heterocycles. The first kappa shape index (κ1) is 19.4. The summed E-state index contributed by atoms with van der Waals surface area (Å²) in [6, 6.07) is 6.65. The molecule has 0 spiro atoms. The van der Waals surface area contributed by atoms with Crippen molar-refractivity contribution in [1.29, 1.82) is 0 Å². The summed E-state index contributed by atoms with van der Waals surface area (Å²) in [5.74, 6) is 0.0247. The molecule has 0 fully saturated rings. The average molecular weight is 376 g/mol. The van der Waals surface area contributed by atoms with Gasteiger partial charge in [0.15, 0.2) is 5.16 Å². The van der Waals surface area contributed by atoms with Gasteiger partial charge >= 0.3 is 6.03 Å². The van der Waals surface area contributed by atoms with Gasteiger partial charge in [0.1, 0.15) is 5.82 Å². The van der Waals surface area contributed by atoms with E-state index in [0.717, 1.165) is 5.69 Å². The highest BCUT2D eigenvalue weighted by molar-refractivity contribution is 8.00. The number of aryl methyl sites for hydroxylation is 1. The number of rotatable bonds is 5. The lowest BCUT2D eigenvalue weighted by atomic mass is 10.2. The van der Waals surface area contributed by atoms with Crippen molar-refractivity contribution < 1.29 is 14.4 Å². The number of thioether (sulfide) groups is 1. The molecule has 2 aromatic rings. The number of anilines is 1. The number of amides is 4. The molecule has 138 valence electrons. The fourth-order valence-electron chi connectivity index (χ4n) is 2.13. The Morgan fingerprint density at radius 2 is 1.96 bits per heavy atom. The number of hydrogen-bond acceptors (Lipinski definition) is 6. The molecule has 4 amide bonds. The lowest BCUT2D eigenvalue weighted by molar-refractivity contribution is -0.119. The predicted octanol–water partition coefficient (Wildman–Crippen LogP) is 1.47. The fraction of sp³-hybridized carbons (Fsp3) is 0.312. The van der Waals surface area contributed by atoms with Crippen molar-refractivity contribution in [2.75, 3.05) is 12.4 Å². The van der Waals surface area contributed by atoms with Crippen molar-refractivity contribution in [2.45, 2.75) is 31.2 Å². The van der Waals surface area contributed by atoms with Gasteiger partial charge in [-0.25, -0.2) is 4.79 Å². The lowest BCUT2D eigenvalue weighted by Gasteiger charge is -2.13. The maximum absolute atomic E-state index is 12.0. The number of hydrogen-bond donors (Lipinski definition) is 3. The topological polar surface area (TPSA) is 118 Å². The molecule has 2 rings (SSSR count). The van der Waals surface area contributed by atoms with Crippen LogP contribution in [0, 0.1) is 6.92 Å². The van der Waals surface area contributed by atoms with Gasteiger partial charge in [0.2, 0.25) is 11.8 Å². The molecular weight excluding hydrogens is 356 g/mol. The van der Waals surface area contributed by atoms with Crippen molar-refractivity contribution in [3.8, 4) is 5.69 Å². The molecule has 0 aliphatic carbocycles. The van der Waals surface area contributed by atoms with Crippen LogP contribution >= 0.6 is 11.8 Å². The molecule has 26 heavy (non-hydrogen) atoms. The molecule has 0 saturated carbocycles. The monoisotopic (exact) mass is 376 g/mol. The Labute approximate surface area is 154 Å². The van der Waals surface area contributed by atoms with Crippen LogP contribution in [0.4, 0.5) is 10.5 Å². The molecule has 9 nitrogen and oxygen atoms in total. The summed E-state index contributed by atoms with van der Waals surface area (Å²) in [6.45, 7) is 4.90. The highest BCUT2D eigenvalue weighted by Crippen LogP contribution is 2.26. The molecule has 0 aliphatic rings. The first-order chi connectivity index (χ1) is 12.3. The minimum Gasteiger partial charge on any atom is -0.341 e. The smallest absolute Gasteiger partial charge is 0.321 e. The van der Waals surface area contributed by atoms with Gasteiger partial charge in [-0.05, 0) is 32.0 Å². The van der Waals surface area contributed by atoms with Crippen LogP contribution in [0.15, 0.2) is 29.4 Å². The van der Waals surface area contributed by atoms with Gasteiger partial charge in [-0.15, -0.1) is 10.2 Å². The Bertz CT molecular complexity index is 835. The predicted molar refractivity (Wildman–Crippen MR) is 98.3 cm³/mol. The van der Waals surface area contributed by atoms with Crippen LogP contribution in [0.1, 0.15) is 19.7 Å². The molecule has 3 N–H and O–H groups in total. The number of imide groups is 1. The number of benzene rings is 1. The fourth-order valence-corrected chi connectivity index (χ4v) is 3.04. The van der Waals surface area contributed by atoms with Gasteiger partial charge < -0.3 is 10.6 Å². The van der Waals surface area contributed by atoms with Gasteiger partial charge in [-0.1, -0.05) is 17.8 Å². The van der Waals surface area contributed by atoms with Crippen molar-refractivity contribution in [3.63, 3.8) is 0 Å². The van der Waals surface area contributed by atoms with Crippen LogP contribution in [-0.2, 0) is 9.59 Å². The van der Waals surface area contributed by atoms with Gasteiger partial charge in [0, 0.05) is 19.7 Å². The minimum absolute atomic E-state index is 0.170. The summed E-state index contributed by atoms with van der Waals surface area (Å²) in [7, 11) is 1.43. The van der Waals surface area contributed by atoms with E-state index in [0.29, 0.717) is 16.7 Å². The minimum atomic E-state index is -0.567. The zero-order valence-electron chi connectivity index (χ0n) is 14.9. The first-order valence-electron chi connectivity index (χ1n) is 7.81. The van der Waals surface area contributed by atoms with Crippen LogP contribution in [-0.4, -0.2) is 44.9 Å². The zero-order valence-corrected chi connectivity index (χ0v) is 15.7. The number of carbonyl (C=O) groups is 3. The van der Waals surface area contributed by atoms with E-state index in [1.165, 1.54) is 25.7 Å². The second-order valence-electron chi connectivity index (χ2n) is 5.43. The second-order valence-corrected chi connectivity index (χ2v) is 6.73. The Balaban J connectivity index is 2.25. The Morgan fingerprint density at radius 3 is 2.62 bits per heavy atom. The van der Waals surface area contributed by atoms with Gasteiger partial charge in [-0.3, -0.25) is 19.5 Å². The third-order valence-electron chi connectivity index (χ3n) is 3.34. The Kier molecular flexibility index (Phi) is 6.34. The van der Waals surface area contributed by atoms with Crippen molar-refractivity contribution in [2.24, 2.45) is 0 Å². The van der Waals surface area contributed by atoms with Gasteiger partial charge in [0.25, 0.3) is 0 Å². The number of urea groups is 1. The summed E-state index contributed by atoms with van der Waals surface area (Å²) in [5, 5.41) is 15.4. The summed E-state index contributed by atoms with van der Waals surface area (Å²) in [4.78, 5) is 34.6. The van der Waals surface area contributed by atoms with Gasteiger partial charge in [-0.2, -0.15) is 0 Å². The third-order valence-corrected chi connectivity index (χ3v) is 4.38. The van der Waals surface area contributed by atoms with E-state index in [4.69, 9.17) is 0 Å².